The fourth-order valence-corrected chi connectivity index (χ4v) is 7.01. The van der Waals surface area contributed by atoms with Gasteiger partial charge in [-0.2, -0.15) is 0 Å². The Morgan fingerprint density at radius 1 is 0.898 bits per heavy atom. The van der Waals surface area contributed by atoms with Crippen LogP contribution >= 0.6 is 0 Å². The third kappa shape index (κ3) is 7.27. The molecule has 5 aromatic rings. The summed E-state index contributed by atoms with van der Waals surface area (Å²) in [4.78, 5) is 24.2. The minimum absolute atomic E-state index is 0.00574. The lowest BCUT2D eigenvalue weighted by Crippen LogP contribution is -2.46. The molecule has 9 heteroatoms. The van der Waals surface area contributed by atoms with Crippen molar-refractivity contribution in [2.24, 2.45) is 5.92 Å². The highest BCUT2D eigenvalue weighted by Crippen LogP contribution is 2.42. The maximum atomic E-state index is 13.0. The van der Waals surface area contributed by atoms with Crippen molar-refractivity contribution in [3.63, 3.8) is 0 Å². The van der Waals surface area contributed by atoms with E-state index in [1.807, 2.05) is 78.9 Å². The number of nitrogens with one attached hydrogen (secondary N) is 1. The Kier molecular flexibility index (Phi) is 10.1. The molecule has 3 N–H and O–H groups in total. The summed E-state index contributed by atoms with van der Waals surface area (Å²) >= 11 is 0. The summed E-state index contributed by atoms with van der Waals surface area (Å²) in [7, 11) is 0. The molecule has 0 spiro atoms. The number of hydrogen-bond acceptors (Lipinski definition) is 8. The molecule has 252 valence electrons. The number of carbonyl (C=O) groups is 1. The molecule has 2 fully saturated rings. The van der Waals surface area contributed by atoms with Crippen LogP contribution in [-0.2, 0) is 22.6 Å². The van der Waals surface area contributed by atoms with E-state index in [9.17, 15) is 15.0 Å². The average Bonchev–Trinajstić information content (AvgIpc) is 3.62. The second-order valence-corrected chi connectivity index (χ2v) is 13.0. The van der Waals surface area contributed by atoms with Gasteiger partial charge < -0.3 is 25.0 Å². The molecule has 5 atom stereocenters. The van der Waals surface area contributed by atoms with E-state index < -0.39 is 6.29 Å². The number of benzene rings is 4. The van der Waals surface area contributed by atoms with Crippen molar-refractivity contribution in [3.8, 4) is 11.1 Å². The first-order valence-corrected chi connectivity index (χ1v) is 17.0. The molecule has 9 nitrogen and oxygen atoms in total. The molecule has 7 rings (SSSR count). The zero-order chi connectivity index (χ0) is 33.7. The Balaban J connectivity index is 1.09. The Morgan fingerprint density at radius 2 is 1.63 bits per heavy atom. The lowest BCUT2D eigenvalue weighted by Gasteiger charge is -2.43. The zero-order valence-corrected chi connectivity index (χ0v) is 27.6. The number of ether oxygens (including phenoxy) is 2. The predicted molar refractivity (Wildman–Crippen MR) is 187 cm³/mol. The van der Waals surface area contributed by atoms with E-state index in [4.69, 9.17) is 9.47 Å². The molecule has 0 aliphatic carbocycles. The van der Waals surface area contributed by atoms with Gasteiger partial charge in [0, 0.05) is 30.6 Å². The number of fused-ring (bicyclic) bond motifs is 1. The van der Waals surface area contributed by atoms with Crippen molar-refractivity contribution >= 4 is 16.9 Å². The van der Waals surface area contributed by atoms with Gasteiger partial charge in [-0.3, -0.25) is 14.7 Å². The van der Waals surface area contributed by atoms with E-state index in [1.54, 1.807) is 0 Å². The van der Waals surface area contributed by atoms with E-state index in [0.717, 1.165) is 64.8 Å². The maximum Gasteiger partial charge on any atom is 0.271 e. The Hall–Kier alpha value is -4.51. The summed E-state index contributed by atoms with van der Waals surface area (Å²) in [5.74, 6) is -0.211. The number of amides is 1. The number of hydrogen-bond donors (Lipinski definition) is 3. The van der Waals surface area contributed by atoms with Gasteiger partial charge in [-0.25, -0.2) is 4.98 Å². The van der Waals surface area contributed by atoms with Crippen molar-refractivity contribution in [2.75, 3.05) is 19.7 Å². The van der Waals surface area contributed by atoms with Crippen molar-refractivity contribution in [1.29, 1.82) is 0 Å². The lowest BCUT2D eigenvalue weighted by atomic mass is 9.89. The number of carbonyl (C=O) groups excluding carboxylic acids is 1. The molecule has 2 aliphatic heterocycles. The van der Waals surface area contributed by atoms with Crippen LogP contribution in [0.15, 0.2) is 103 Å². The molecule has 4 aromatic carbocycles. The third-order valence-electron chi connectivity index (χ3n) is 9.88. The first-order valence-electron chi connectivity index (χ1n) is 17.0. The van der Waals surface area contributed by atoms with Gasteiger partial charge in [0.2, 0.25) is 0 Å². The molecular formula is C40H42N4O5. The SMILES string of the molecule is CC1C(CN2CCCC2CO)OC(c2ccc(-c3ccccc3CNC(=O)c3cnc4ccccc4n3)cc2)OC1c1ccc(CO)cc1. The Labute approximate surface area is 286 Å². The molecule has 0 bridgehead atoms. The number of aliphatic hydroxyl groups excluding tert-OH is 2. The number of likely N-dealkylation sites (tertiary alicyclic amines) is 1. The summed E-state index contributed by atoms with van der Waals surface area (Å²) in [6.07, 6.45) is 2.68. The largest absolute Gasteiger partial charge is 0.395 e. The monoisotopic (exact) mass is 658 g/mol. The van der Waals surface area contributed by atoms with Gasteiger partial charge in [0.25, 0.3) is 5.91 Å². The number of aliphatic hydroxyl groups is 2. The minimum Gasteiger partial charge on any atom is -0.395 e. The Bertz CT molecular complexity index is 1880. The number of rotatable bonds is 10. The van der Waals surface area contributed by atoms with Crippen LogP contribution in [0.2, 0.25) is 0 Å². The number of aromatic nitrogens is 2. The minimum atomic E-state index is -0.578. The molecule has 0 saturated carbocycles. The van der Waals surface area contributed by atoms with Crippen LogP contribution in [0.25, 0.3) is 22.2 Å². The molecule has 5 unspecified atom stereocenters. The number of nitrogens with zero attached hydrogens (tertiary/aromatic N) is 3. The van der Waals surface area contributed by atoms with Crippen LogP contribution in [0.4, 0.5) is 0 Å². The highest BCUT2D eigenvalue weighted by Gasteiger charge is 2.40. The summed E-state index contributed by atoms with van der Waals surface area (Å²) in [5, 5.41) is 22.6. The maximum absolute atomic E-state index is 13.0. The van der Waals surface area contributed by atoms with Gasteiger partial charge in [-0.05, 0) is 59.3 Å². The Morgan fingerprint density at radius 3 is 2.41 bits per heavy atom. The van der Waals surface area contributed by atoms with Crippen molar-refractivity contribution in [2.45, 2.75) is 57.5 Å². The smallest absolute Gasteiger partial charge is 0.271 e. The van der Waals surface area contributed by atoms with Crippen molar-refractivity contribution in [1.82, 2.24) is 20.2 Å². The second-order valence-electron chi connectivity index (χ2n) is 13.0. The molecule has 0 radical (unpaired) electrons. The zero-order valence-electron chi connectivity index (χ0n) is 27.6. The molecular weight excluding hydrogens is 616 g/mol. The van der Waals surface area contributed by atoms with Crippen LogP contribution in [0, 0.1) is 5.92 Å². The normalized spacial score (nSPS) is 22.7. The summed E-state index contributed by atoms with van der Waals surface area (Å²) in [5.41, 5.74) is 7.53. The van der Waals surface area contributed by atoms with Gasteiger partial charge >= 0.3 is 0 Å². The molecule has 1 amide bonds. The molecule has 2 aliphatic rings. The van der Waals surface area contributed by atoms with E-state index in [-0.39, 0.29) is 49.0 Å². The van der Waals surface area contributed by atoms with Crippen molar-refractivity contribution < 1.29 is 24.5 Å². The highest BCUT2D eigenvalue weighted by molar-refractivity contribution is 5.93. The number of para-hydroxylation sites is 2. The van der Waals surface area contributed by atoms with Gasteiger partial charge in [-0.15, -0.1) is 0 Å². The highest BCUT2D eigenvalue weighted by atomic mass is 16.7. The fraction of sp³-hybridized carbons (Fsp3) is 0.325. The van der Waals surface area contributed by atoms with Gasteiger partial charge in [0.15, 0.2) is 6.29 Å². The third-order valence-corrected chi connectivity index (χ3v) is 9.88. The van der Waals surface area contributed by atoms with Gasteiger partial charge in [0.1, 0.15) is 5.69 Å². The molecule has 49 heavy (non-hydrogen) atoms. The van der Waals surface area contributed by atoms with Crippen molar-refractivity contribution in [3.05, 3.63) is 131 Å². The predicted octanol–water partition coefficient (Wildman–Crippen LogP) is 5.97. The molecule has 2 saturated heterocycles. The van der Waals surface area contributed by atoms with Crippen LogP contribution in [0.5, 0.6) is 0 Å². The molecule has 3 heterocycles. The summed E-state index contributed by atoms with van der Waals surface area (Å²) in [6.45, 7) is 4.32. The van der Waals surface area contributed by atoms with E-state index in [0.29, 0.717) is 12.1 Å². The first kappa shape index (κ1) is 33.0. The van der Waals surface area contributed by atoms with Crippen LogP contribution in [0.1, 0.15) is 64.9 Å². The molecule has 1 aromatic heterocycles. The quantitative estimate of drug-likeness (QED) is 0.168. The lowest BCUT2D eigenvalue weighted by molar-refractivity contribution is -0.276. The first-order chi connectivity index (χ1) is 24.0. The second kappa shape index (κ2) is 14.9. The van der Waals surface area contributed by atoms with E-state index >= 15 is 0 Å². The van der Waals surface area contributed by atoms with Crippen LogP contribution < -0.4 is 5.32 Å². The topological polar surface area (TPSA) is 117 Å². The van der Waals surface area contributed by atoms with Gasteiger partial charge in [-0.1, -0.05) is 91.9 Å². The standard InChI is InChI=1S/C40H42N4O5/c1-26-37(23-44-20-6-8-32(44)25-46)48-40(49-38(26)29-14-12-27(24-45)13-15-29)30-18-16-28(17-19-30)33-9-3-2-7-31(33)21-42-39(47)36-22-41-34-10-4-5-11-35(34)43-36/h2-5,7,9-19,22,26,32,37-38,40,45-46H,6,8,20-21,23-25H2,1H3,(H,42,47). The summed E-state index contributed by atoms with van der Waals surface area (Å²) in [6, 6.07) is 31.8. The van der Waals surface area contributed by atoms with Gasteiger partial charge in [0.05, 0.1) is 42.7 Å². The van der Waals surface area contributed by atoms with Crippen LogP contribution in [-0.4, -0.2) is 62.8 Å². The van der Waals surface area contributed by atoms with E-state index in [1.165, 1.54) is 6.20 Å². The average molecular weight is 659 g/mol. The van der Waals surface area contributed by atoms with Crippen LogP contribution in [0.3, 0.4) is 0 Å². The summed E-state index contributed by atoms with van der Waals surface area (Å²) < 4.78 is 13.4. The van der Waals surface area contributed by atoms with E-state index in [2.05, 4.69) is 45.3 Å². The fourth-order valence-electron chi connectivity index (χ4n) is 7.01.